The lowest BCUT2D eigenvalue weighted by Gasteiger charge is -2.08. The van der Waals surface area contributed by atoms with Gasteiger partial charge in [0.1, 0.15) is 0 Å². The molecule has 0 aliphatic heterocycles. The van der Waals surface area contributed by atoms with Crippen LogP contribution in [0.1, 0.15) is 5.56 Å². The fourth-order valence-electron chi connectivity index (χ4n) is 2.84. The molecule has 0 unspecified atom stereocenters. The second kappa shape index (κ2) is 4.63. The first kappa shape index (κ1) is 12.0. The van der Waals surface area contributed by atoms with Crippen molar-refractivity contribution in [2.24, 2.45) is 0 Å². The Morgan fingerprint density at radius 2 is 1.86 bits per heavy atom. The van der Waals surface area contributed by atoms with Crippen LogP contribution in [-0.4, -0.2) is 9.55 Å². The molecule has 0 aliphatic carbocycles. The molecule has 0 radical (unpaired) electrons. The average Bonchev–Trinajstić information content (AvgIpc) is 2.92. The number of nitrogens with two attached hydrogens (primary N) is 1. The summed E-state index contributed by atoms with van der Waals surface area (Å²) in [5.74, 6) is 0. The Morgan fingerprint density at radius 3 is 2.81 bits per heavy atom. The van der Waals surface area contributed by atoms with E-state index in [2.05, 4.69) is 52.1 Å². The number of aromatic nitrogens is 2. The van der Waals surface area contributed by atoms with Gasteiger partial charge in [-0.1, -0.05) is 24.3 Å². The molecule has 0 bridgehead atoms. The van der Waals surface area contributed by atoms with Crippen LogP contribution in [-0.2, 0) is 6.54 Å². The van der Waals surface area contributed by atoms with E-state index in [-0.39, 0.29) is 0 Å². The maximum atomic E-state index is 6.11. The second-order valence-corrected chi connectivity index (χ2v) is 5.26. The standard InChI is InChI=1S/C18H15N3/c19-16-5-1-3-14-8-10-21(18(14)16)12-13-6-7-17-15(11-13)4-2-9-20-17/h1-11H,12,19H2. The van der Waals surface area contributed by atoms with Gasteiger partial charge in [0.05, 0.1) is 16.7 Å². The molecule has 0 saturated carbocycles. The van der Waals surface area contributed by atoms with Crippen LogP contribution in [0.5, 0.6) is 0 Å². The van der Waals surface area contributed by atoms with Crippen molar-refractivity contribution in [3.05, 3.63) is 72.6 Å². The molecule has 0 spiro atoms. The maximum Gasteiger partial charge on any atom is 0.0716 e. The van der Waals surface area contributed by atoms with Crippen LogP contribution in [0.15, 0.2) is 67.0 Å². The van der Waals surface area contributed by atoms with Gasteiger partial charge in [0.25, 0.3) is 0 Å². The van der Waals surface area contributed by atoms with Gasteiger partial charge >= 0.3 is 0 Å². The van der Waals surface area contributed by atoms with E-state index in [1.54, 1.807) is 0 Å². The Morgan fingerprint density at radius 1 is 0.952 bits per heavy atom. The lowest BCUT2D eigenvalue weighted by molar-refractivity contribution is 0.839. The molecular formula is C18H15N3. The zero-order chi connectivity index (χ0) is 14.2. The Hall–Kier alpha value is -2.81. The summed E-state index contributed by atoms with van der Waals surface area (Å²) in [6.45, 7) is 0.808. The predicted molar refractivity (Wildman–Crippen MR) is 87.2 cm³/mol. The van der Waals surface area contributed by atoms with Crippen LogP contribution in [0, 0.1) is 0 Å². The minimum absolute atomic E-state index is 0.808. The zero-order valence-corrected chi connectivity index (χ0v) is 11.5. The summed E-state index contributed by atoms with van der Waals surface area (Å²) in [5, 5.41) is 2.34. The molecule has 4 aromatic rings. The van der Waals surface area contributed by atoms with Gasteiger partial charge in [-0.25, -0.2) is 0 Å². The van der Waals surface area contributed by atoms with Crippen molar-refractivity contribution in [1.82, 2.24) is 9.55 Å². The van der Waals surface area contributed by atoms with Crippen LogP contribution in [0.25, 0.3) is 21.8 Å². The number of benzene rings is 2. The molecule has 2 heterocycles. The average molecular weight is 273 g/mol. The van der Waals surface area contributed by atoms with E-state index >= 15 is 0 Å². The summed E-state index contributed by atoms with van der Waals surface area (Å²) in [7, 11) is 0. The molecule has 102 valence electrons. The molecule has 2 aromatic carbocycles. The molecule has 0 aliphatic rings. The molecule has 2 N–H and O–H groups in total. The lowest BCUT2D eigenvalue weighted by atomic mass is 10.1. The summed E-state index contributed by atoms with van der Waals surface area (Å²) < 4.78 is 2.20. The molecule has 0 saturated heterocycles. The van der Waals surface area contributed by atoms with Gasteiger partial charge in [0.15, 0.2) is 0 Å². The van der Waals surface area contributed by atoms with Crippen molar-refractivity contribution in [1.29, 1.82) is 0 Å². The predicted octanol–water partition coefficient (Wildman–Crippen LogP) is 3.82. The van der Waals surface area contributed by atoms with E-state index in [9.17, 15) is 0 Å². The topological polar surface area (TPSA) is 43.8 Å². The van der Waals surface area contributed by atoms with Crippen molar-refractivity contribution < 1.29 is 0 Å². The molecular weight excluding hydrogens is 258 g/mol. The Bertz CT molecular complexity index is 937. The first-order chi connectivity index (χ1) is 10.3. The number of nitrogens with zero attached hydrogens (tertiary/aromatic N) is 2. The summed E-state index contributed by atoms with van der Waals surface area (Å²) in [6, 6.07) is 18.6. The van der Waals surface area contributed by atoms with Gasteiger partial charge in [-0.15, -0.1) is 0 Å². The summed E-state index contributed by atoms with van der Waals surface area (Å²) in [4.78, 5) is 4.36. The van der Waals surface area contributed by atoms with Crippen molar-refractivity contribution in [2.75, 3.05) is 5.73 Å². The number of hydrogen-bond donors (Lipinski definition) is 1. The highest BCUT2D eigenvalue weighted by Crippen LogP contribution is 2.23. The minimum atomic E-state index is 0.808. The highest BCUT2D eigenvalue weighted by atomic mass is 15.0. The third-order valence-electron chi connectivity index (χ3n) is 3.84. The third kappa shape index (κ3) is 2.03. The Labute approximate surface area is 122 Å². The smallest absolute Gasteiger partial charge is 0.0716 e. The van der Waals surface area contributed by atoms with Crippen molar-refractivity contribution in [3.8, 4) is 0 Å². The Balaban J connectivity index is 1.79. The number of nitrogen functional groups attached to an aromatic ring is 1. The fraction of sp³-hybridized carbons (Fsp3) is 0.0556. The largest absolute Gasteiger partial charge is 0.397 e. The van der Waals surface area contributed by atoms with E-state index < -0.39 is 0 Å². The molecule has 0 amide bonds. The van der Waals surface area contributed by atoms with Gasteiger partial charge in [-0.2, -0.15) is 0 Å². The molecule has 21 heavy (non-hydrogen) atoms. The van der Waals surface area contributed by atoms with Crippen LogP contribution in [0.3, 0.4) is 0 Å². The van der Waals surface area contributed by atoms with Crippen molar-refractivity contribution >= 4 is 27.5 Å². The summed E-state index contributed by atoms with van der Waals surface area (Å²) in [5.41, 5.74) is 10.3. The van der Waals surface area contributed by atoms with Crippen LogP contribution in [0.4, 0.5) is 5.69 Å². The highest BCUT2D eigenvalue weighted by Gasteiger charge is 2.05. The van der Waals surface area contributed by atoms with Gasteiger partial charge < -0.3 is 10.3 Å². The zero-order valence-electron chi connectivity index (χ0n) is 11.5. The number of fused-ring (bicyclic) bond motifs is 2. The van der Waals surface area contributed by atoms with Crippen LogP contribution >= 0.6 is 0 Å². The van der Waals surface area contributed by atoms with Crippen LogP contribution in [0.2, 0.25) is 0 Å². The van der Waals surface area contributed by atoms with E-state index in [1.807, 2.05) is 24.4 Å². The first-order valence-electron chi connectivity index (χ1n) is 6.98. The number of para-hydroxylation sites is 1. The van der Waals surface area contributed by atoms with E-state index in [1.165, 1.54) is 16.3 Å². The van der Waals surface area contributed by atoms with Gasteiger partial charge in [0.2, 0.25) is 0 Å². The van der Waals surface area contributed by atoms with E-state index in [4.69, 9.17) is 5.73 Å². The lowest BCUT2D eigenvalue weighted by Crippen LogP contribution is -2.00. The maximum absolute atomic E-state index is 6.11. The molecule has 0 atom stereocenters. The molecule has 0 fully saturated rings. The highest BCUT2D eigenvalue weighted by molar-refractivity contribution is 5.90. The van der Waals surface area contributed by atoms with Gasteiger partial charge in [0, 0.05) is 29.7 Å². The number of anilines is 1. The van der Waals surface area contributed by atoms with Gasteiger partial charge in [-0.3, -0.25) is 4.98 Å². The second-order valence-electron chi connectivity index (χ2n) is 5.26. The molecule has 3 heteroatoms. The van der Waals surface area contributed by atoms with Crippen molar-refractivity contribution in [2.45, 2.75) is 6.54 Å². The molecule has 3 nitrogen and oxygen atoms in total. The molecule has 4 rings (SSSR count). The molecule has 2 aromatic heterocycles. The van der Waals surface area contributed by atoms with Gasteiger partial charge in [-0.05, 0) is 35.9 Å². The SMILES string of the molecule is Nc1cccc2ccn(Cc3ccc4ncccc4c3)c12. The number of hydrogen-bond acceptors (Lipinski definition) is 2. The third-order valence-corrected chi connectivity index (χ3v) is 3.84. The van der Waals surface area contributed by atoms with Crippen LogP contribution < -0.4 is 5.73 Å². The number of rotatable bonds is 2. The summed E-state index contributed by atoms with van der Waals surface area (Å²) in [6.07, 6.45) is 3.91. The van der Waals surface area contributed by atoms with E-state index in [0.717, 1.165) is 23.3 Å². The first-order valence-corrected chi connectivity index (χ1v) is 6.98. The monoisotopic (exact) mass is 273 g/mol. The fourth-order valence-corrected chi connectivity index (χ4v) is 2.84. The van der Waals surface area contributed by atoms with E-state index in [0.29, 0.717) is 0 Å². The summed E-state index contributed by atoms with van der Waals surface area (Å²) >= 11 is 0. The van der Waals surface area contributed by atoms with Crippen molar-refractivity contribution in [3.63, 3.8) is 0 Å². The quantitative estimate of drug-likeness (QED) is 0.564. The Kier molecular flexibility index (Phi) is 2.64. The number of pyridine rings is 1. The normalized spacial score (nSPS) is 11.2. The minimum Gasteiger partial charge on any atom is -0.397 e.